The number of amides is 2. The standard InChI is InChI=1S/C21H18Br2N2O4S2/c1-3-28-16-8-12(9-17-20(27)25-21(30)31-17)7-15(23)19(16)29-10-18(26)24-13-4-5-14(22)11(2)6-13/h4-9H,3,10H2,1-2H3,(H,24,26)(H,25,27,30)/b17-9-. The highest BCUT2D eigenvalue weighted by Gasteiger charge is 2.22. The molecule has 31 heavy (non-hydrogen) atoms. The summed E-state index contributed by atoms with van der Waals surface area (Å²) >= 11 is 13.1. The molecule has 0 radical (unpaired) electrons. The Morgan fingerprint density at radius 3 is 2.65 bits per heavy atom. The van der Waals surface area contributed by atoms with Gasteiger partial charge in [-0.2, -0.15) is 0 Å². The van der Waals surface area contributed by atoms with Crippen molar-refractivity contribution in [3.8, 4) is 11.5 Å². The van der Waals surface area contributed by atoms with Crippen LogP contribution in [0.1, 0.15) is 18.1 Å². The van der Waals surface area contributed by atoms with Gasteiger partial charge in [0.1, 0.15) is 4.32 Å². The minimum absolute atomic E-state index is 0.194. The lowest BCUT2D eigenvalue weighted by atomic mass is 10.2. The van der Waals surface area contributed by atoms with Crippen molar-refractivity contribution in [2.24, 2.45) is 0 Å². The van der Waals surface area contributed by atoms with Crippen LogP contribution in [0.25, 0.3) is 6.08 Å². The van der Waals surface area contributed by atoms with E-state index in [-0.39, 0.29) is 18.4 Å². The quantitative estimate of drug-likeness (QED) is 0.333. The number of carbonyl (C=O) groups excluding carboxylic acids is 2. The van der Waals surface area contributed by atoms with Crippen LogP contribution in [0.5, 0.6) is 11.5 Å². The van der Waals surface area contributed by atoms with E-state index in [4.69, 9.17) is 21.7 Å². The maximum absolute atomic E-state index is 12.4. The Bertz CT molecular complexity index is 1090. The maximum Gasteiger partial charge on any atom is 0.263 e. The van der Waals surface area contributed by atoms with E-state index < -0.39 is 0 Å². The molecule has 1 heterocycles. The van der Waals surface area contributed by atoms with Gasteiger partial charge < -0.3 is 20.1 Å². The smallest absolute Gasteiger partial charge is 0.263 e. The maximum atomic E-state index is 12.4. The van der Waals surface area contributed by atoms with Crippen molar-refractivity contribution in [2.75, 3.05) is 18.5 Å². The Balaban J connectivity index is 1.75. The van der Waals surface area contributed by atoms with Crippen LogP contribution in [0.4, 0.5) is 5.69 Å². The molecule has 0 aromatic heterocycles. The van der Waals surface area contributed by atoms with Crippen LogP contribution < -0.4 is 20.1 Å². The molecular weight excluding hydrogens is 568 g/mol. The molecule has 6 nitrogen and oxygen atoms in total. The first-order valence-corrected chi connectivity index (χ1v) is 12.0. The summed E-state index contributed by atoms with van der Waals surface area (Å²) in [6.07, 6.45) is 1.72. The highest BCUT2D eigenvalue weighted by Crippen LogP contribution is 2.38. The fraction of sp³-hybridized carbons (Fsp3) is 0.190. The van der Waals surface area contributed by atoms with Gasteiger partial charge in [-0.3, -0.25) is 9.59 Å². The van der Waals surface area contributed by atoms with Gasteiger partial charge in [0.2, 0.25) is 0 Å². The zero-order valence-electron chi connectivity index (χ0n) is 16.6. The Morgan fingerprint density at radius 2 is 2.00 bits per heavy atom. The van der Waals surface area contributed by atoms with E-state index in [0.29, 0.717) is 37.5 Å². The van der Waals surface area contributed by atoms with E-state index in [1.165, 1.54) is 11.8 Å². The van der Waals surface area contributed by atoms with Gasteiger partial charge in [-0.15, -0.1) is 0 Å². The number of thiocarbonyl (C=S) groups is 1. The van der Waals surface area contributed by atoms with Crippen LogP contribution in [-0.4, -0.2) is 29.3 Å². The number of rotatable bonds is 7. The highest BCUT2D eigenvalue weighted by molar-refractivity contribution is 9.10. The third kappa shape index (κ3) is 6.31. The zero-order chi connectivity index (χ0) is 22.5. The van der Waals surface area contributed by atoms with Gasteiger partial charge in [0, 0.05) is 10.2 Å². The van der Waals surface area contributed by atoms with Gasteiger partial charge in [-0.1, -0.05) is 39.9 Å². The number of hydrogen-bond donors (Lipinski definition) is 2. The average Bonchev–Trinajstić information content (AvgIpc) is 3.01. The molecule has 0 aliphatic carbocycles. The van der Waals surface area contributed by atoms with Crippen molar-refractivity contribution in [1.29, 1.82) is 0 Å². The number of carbonyl (C=O) groups is 2. The number of anilines is 1. The van der Waals surface area contributed by atoms with Crippen molar-refractivity contribution in [1.82, 2.24) is 5.32 Å². The van der Waals surface area contributed by atoms with Crippen molar-refractivity contribution < 1.29 is 19.1 Å². The largest absolute Gasteiger partial charge is 0.490 e. The van der Waals surface area contributed by atoms with Gasteiger partial charge in [0.25, 0.3) is 11.8 Å². The third-order valence-electron chi connectivity index (χ3n) is 4.06. The molecule has 0 unspecified atom stereocenters. The Morgan fingerprint density at radius 1 is 1.23 bits per heavy atom. The Labute approximate surface area is 206 Å². The molecule has 3 rings (SSSR count). The molecule has 1 aliphatic heterocycles. The Hall–Kier alpha value is -1.88. The van der Waals surface area contributed by atoms with Gasteiger partial charge in [-0.25, -0.2) is 0 Å². The number of hydrogen-bond acceptors (Lipinski definition) is 6. The van der Waals surface area contributed by atoms with Crippen LogP contribution in [0, 0.1) is 6.92 Å². The molecule has 2 aromatic rings. The SMILES string of the molecule is CCOc1cc(/C=C2\SC(=S)NC2=O)cc(Br)c1OCC(=O)Nc1ccc(Br)c(C)c1. The molecule has 0 atom stereocenters. The average molecular weight is 586 g/mol. The van der Waals surface area contributed by atoms with Crippen LogP contribution in [0.3, 0.4) is 0 Å². The number of nitrogens with one attached hydrogen (secondary N) is 2. The normalized spacial score (nSPS) is 14.5. The summed E-state index contributed by atoms with van der Waals surface area (Å²) in [5.41, 5.74) is 2.44. The summed E-state index contributed by atoms with van der Waals surface area (Å²) in [5, 5.41) is 5.39. The number of ether oxygens (including phenoxy) is 2. The van der Waals surface area contributed by atoms with Crippen molar-refractivity contribution in [3.63, 3.8) is 0 Å². The Kier molecular flexibility index (Phi) is 8.15. The minimum atomic E-state index is -0.296. The fourth-order valence-electron chi connectivity index (χ4n) is 2.70. The van der Waals surface area contributed by atoms with Gasteiger partial charge in [0.05, 0.1) is 16.0 Å². The first-order valence-electron chi connectivity index (χ1n) is 9.16. The van der Waals surface area contributed by atoms with Crippen LogP contribution in [0.15, 0.2) is 44.2 Å². The zero-order valence-corrected chi connectivity index (χ0v) is 21.4. The first-order chi connectivity index (χ1) is 14.8. The summed E-state index contributed by atoms with van der Waals surface area (Å²) in [7, 11) is 0. The second-order valence-electron chi connectivity index (χ2n) is 6.42. The lowest BCUT2D eigenvalue weighted by Crippen LogP contribution is -2.20. The van der Waals surface area contributed by atoms with Crippen molar-refractivity contribution >= 4 is 83.7 Å². The first kappa shape index (κ1) is 23.8. The minimum Gasteiger partial charge on any atom is -0.490 e. The second-order valence-corrected chi connectivity index (χ2v) is 9.84. The van der Waals surface area contributed by atoms with E-state index in [9.17, 15) is 9.59 Å². The topological polar surface area (TPSA) is 76.7 Å². The molecule has 162 valence electrons. The summed E-state index contributed by atoms with van der Waals surface area (Å²) in [5.74, 6) is 0.339. The molecule has 2 amide bonds. The van der Waals surface area contributed by atoms with Gasteiger partial charge in [-0.05, 0) is 77.3 Å². The molecule has 0 bridgehead atoms. The summed E-state index contributed by atoms with van der Waals surface area (Å²) < 4.78 is 13.4. The number of benzene rings is 2. The molecule has 1 aliphatic rings. The highest BCUT2D eigenvalue weighted by atomic mass is 79.9. The summed E-state index contributed by atoms with van der Waals surface area (Å²) in [4.78, 5) is 24.8. The van der Waals surface area contributed by atoms with Crippen molar-refractivity contribution in [2.45, 2.75) is 13.8 Å². The predicted octanol–water partition coefficient (Wildman–Crippen LogP) is 5.43. The molecule has 2 aromatic carbocycles. The molecule has 0 spiro atoms. The lowest BCUT2D eigenvalue weighted by molar-refractivity contribution is -0.118. The second kappa shape index (κ2) is 10.6. The van der Waals surface area contributed by atoms with Gasteiger partial charge in [0.15, 0.2) is 18.1 Å². The molecule has 1 fully saturated rings. The van der Waals surface area contributed by atoms with Crippen LogP contribution in [0.2, 0.25) is 0 Å². The summed E-state index contributed by atoms with van der Waals surface area (Å²) in [6.45, 7) is 4.01. The number of halogens is 2. The van der Waals surface area contributed by atoms with E-state index in [0.717, 1.165) is 15.6 Å². The summed E-state index contributed by atoms with van der Waals surface area (Å²) in [6, 6.07) is 9.09. The number of aryl methyl sites for hydroxylation is 1. The van der Waals surface area contributed by atoms with Gasteiger partial charge >= 0.3 is 0 Å². The molecule has 0 saturated carbocycles. The predicted molar refractivity (Wildman–Crippen MR) is 135 cm³/mol. The molecule has 1 saturated heterocycles. The molecule has 2 N–H and O–H groups in total. The molecule has 10 heteroatoms. The van der Waals surface area contributed by atoms with E-state index in [1.54, 1.807) is 18.2 Å². The van der Waals surface area contributed by atoms with Crippen LogP contribution in [-0.2, 0) is 9.59 Å². The van der Waals surface area contributed by atoms with E-state index in [1.807, 2.05) is 32.0 Å². The van der Waals surface area contributed by atoms with Crippen molar-refractivity contribution in [3.05, 3.63) is 55.3 Å². The van der Waals surface area contributed by atoms with E-state index >= 15 is 0 Å². The third-order valence-corrected chi connectivity index (χ3v) is 6.70. The molecular formula is C21H18Br2N2O4S2. The van der Waals surface area contributed by atoms with E-state index in [2.05, 4.69) is 42.5 Å². The fourth-order valence-corrected chi connectivity index (χ4v) is 4.57. The lowest BCUT2D eigenvalue weighted by Gasteiger charge is -2.15. The number of thioether (sulfide) groups is 1. The monoisotopic (exact) mass is 584 g/mol. The van der Waals surface area contributed by atoms with Crippen LogP contribution >= 0.6 is 55.8 Å².